The zero-order chi connectivity index (χ0) is 43.7. The summed E-state index contributed by atoms with van der Waals surface area (Å²) in [7, 11) is 0. The molecule has 6 N–H and O–H groups in total. The first-order valence-electron chi connectivity index (χ1n) is 25.9. The Hall–Kier alpha value is -1.07. The number of carbonyl (C=O) groups is 1. The summed E-state index contributed by atoms with van der Waals surface area (Å²) in [5.74, 6) is -0.146. The first-order valence-corrected chi connectivity index (χ1v) is 25.9. The average Bonchev–Trinajstić information content (AvgIpc) is 3.25. The van der Waals surface area contributed by atoms with E-state index in [4.69, 9.17) is 9.47 Å². The van der Waals surface area contributed by atoms with Gasteiger partial charge in [-0.2, -0.15) is 0 Å². The fourth-order valence-electron chi connectivity index (χ4n) is 8.45. The second kappa shape index (κ2) is 41.9. The maximum Gasteiger partial charge on any atom is 0.220 e. The predicted octanol–water partition coefficient (Wildman–Crippen LogP) is 11.7. The third-order valence-electron chi connectivity index (χ3n) is 12.6. The number of unbranched alkanes of at least 4 members (excludes halogenated alkanes) is 32. The molecule has 1 fully saturated rings. The minimum absolute atomic E-state index is 0.136. The van der Waals surface area contributed by atoms with Crippen molar-refractivity contribution in [3.05, 3.63) is 12.2 Å². The highest BCUT2D eigenvalue weighted by Gasteiger charge is 2.44. The van der Waals surface area contributed by atoms with Gasteiger partial charge >= 0.3 is 0 Å². The topological polar surface area (TPSA) is 149 Å². The van der Waals surface area contributed by atoms with Crippen molar-refractivity contribution < 1.29 is 39.8 Å². The van der Waals surface area contributed by atoms with Crippen LogP contribution in [0.4, 0.5) is 0 Å². The van der Waals surface area contributed by atoms with Crippen LogP contribution in [0.1, 0.15) is 251 Å². The van der Waals surface area contributed by atoms with Crippen molar-refractivity contribution in [3.63, 3.8) is 0 Å². The molecule has 0 aromatic carbocycles. The van der Waals surface area contributed by atoms with Crippen molar-refractivity contribution in [1.29, 1.82) is 0 Å². The van der Waals surface area contributed by atoms with Crippen LogP contribution in [-0.4, -0.2) is 87.5 Å². The Kier molecular flexibility index (Phi) is 39.8. The number of amides is 1. The Morgan fingerprint density at radius 1 is 0.550 bits per heavy atom. The molecular weight excluding hydrogens is 755 g/mol. The van der Waals surface area contributed by atoms with Crippen LogP contribution < -0.4 is 5.32 Å². The molecule has 0 aromatic heterocycles. The van der Waals surface area contributed by atoms with Gasteiger partial charge in [-0.25, -0.2) is 0 Å². The number of carbonyl (C=O) groups excluding carboxylic acids is 1. The quantitative estimate of drug-likeness (QED) is 0.0262. The average molecular weight is 854 g/mol. The van der Waals surface area contributed by atoms with Gasteiger partial charge in [-0.1, -0.05) is 219 Å². The molecule has 9 heteroatoms. The van der Waals surface area contributed by atoms with Crippen LogP contribution in [0, 0.1) is 0 Å². The fraction of sp³-hybridized carbons (Fsp3) is 0.941. The number of allylic oxidation sites excluding steroid dienone is 2. The molecule has 0 aliphatic carbocycles. The van der Waals surface area contributed by atoms with E-state index in [0.717, 1.165) is 38.5 Å². The van der Waals surface area contributed by atoms with E-state index in [1.165, 1.54) is 186 Å². The Balaban J connectivity index is 2.25. The number of hydrogen-bond donors (Lipinski definition) is 6. The lowest BCUT2D eigenvalue weighted by Gasteiger charge is -2.40. The molecule has 0 saturated carbocycles. The van der Waals surface area contributed by atoms with Gasteiger partial charge in [0.15, 0.2) is 6.29 Å². The molecule has 0 radical (unpaired) electrons. The standard InChI is InChI=1S/C51H99NO8/c1-3-5-7-9-11-13-15-17-19-20-21-22-23-24-25-27-28-30-32-34-36-38-40-45(54)44(43-59-51-50(58)49(57)48(56)46(42-53)60-51)52-47(55)41-39-37-35-33-31-29-26-18-16-14-12-10-8-6-4-2/h14,16,44-46,48-51,53-54,56-58H,3-13,15,17-43H2,1-2H3,(H,52,55)/b16-14-. The van der Waals surface area contributed by atoms with Gasteiger partial charge in [0.1, 0.15) is 24.4 Å². The second-order valence-corrected chi connectivity index (χ2v) is 18.3. The summed E-state index contributed by atoms with van der Waals surface area (Å²) in [6, 6.07) is -0.717. The predicted molar refractivity (Wildman–Crippen MR) is 249 cm³/mol. The van der Waals surface area contributed by atoms with Gasteiger partial charge < -0.3 is 40.3 Å². The molecule has 1 amide bonds. The van der Waals surface area contributed by atoms with Crippen LogP contribution in [0.2, 0.25) is 0 Å². The van der Waals surface area contributed by atoms with Gasteiger partial charge in [0.2, 0.25) is 5.91 Å². The molecule has 356 valence electrons. The molecule has 60 heavy (non-hydrogen) atoms. The molecule has 7 atom stereocenters. The van der Waals surface area contributed by atoms with E-state index >= 15 is 0 Å². The van der Waals surface area contributed by atoms with Crippen molar-refractivity contribution in [3.8, 4) is 0 Å². The van der Waals surface area contributed by atoms with Crippen molar-refractivity contribution in [1.82, 2.24) is 5.32 Å². The number of aliphatic hydroxyl groups excluding tert-OH is 5. The summed E-state index contributed by atoms with van der Waals surface area (Å²) in [6.07, 6.45) is 42.2. The third kappa shape index (κ3) is 31.7. The van der Waals surface area contributed by atoms with E-state index < -0.39 is 49.5 Å². The zero-order valence-corrected chi connectivity index (χ0v) is 39.2. The summed E-state index contributed by atoms with van der Waals surface area (Å²) in [4.78, 5) is 13.0. The van der Waals surface area contributed by atoms with Crippen LogP contribution in [0.25, 0.3) is 0 Å². The number of nitrogens with one attached hydrogen (secondary N) is 1. The van der Waals surface area contributed by atoms with Gasteiger partial charge in [0.25, 0.3) is 0 Å². The largest absolute Gasteiger partial charge is 0.394 e. The number of ether oxygens (including phenoxy) is 2. The van der Waals surface area contributed by atoms with Crippen molar-refractivity contribution in [2.45, 2.75) is 294 Å². The maximum absolute atomic E-state index is 13.0. The van der Waals surface area contributed by atoms with Gasteiger partial charge in [-0.15, -0.1) is 0 Å². The molecule has 0 spiro atoms. The van der Waals surface area contributed by atoms with Crippen molar-refractivity contribution in [2.24, 2.45) is 0 Å². The minimum Gasteiger partial charge on any atom is -0.394 e. The van der Waals surface area contributed by atoms with Crippen LogP contribution in [0.15, 0.2) is 12.2 Å². The van der Waals surface area contributed by atoms with E-state index in [1.54, 1.807) is 0 Å². The van der Waals surface area contributed by atoms with Gasteiger partial charge in [0, 0.05) is 6.42 Å². The molecule has 1 saturated heterocycles. The monoisotopic (exact) mass is 854 g/mol. The molecule has 1 aliphatic heterocycles. The van der Waals surface area contributed by atoms with Crippen LogP contribution in [0.3, 0.4) is 0 Å². The lowest BCUT2D eigenvalue weighted by atomic mass is 9.99. The van der Waals surface area contributed by atoms with Crippen molar-refractivity contribution >= 4 is 5.91 Å². The summed E-state index contributed by atoms with van der Waals surface area (Å²) in [5.41, 5.74) is 0. The second-order valence-electron chi connectivity index (χ2n) is 18.3. The fourth-order valence-corrected chi connectivity index (χ4v) is 8.45. The van der Waals surface area contributed by atoms with Crippen LogP contribution in [0.5, 0.6) is 0 Å². The summed E-state index contributed by atoms with van der Waals surface area (Å²) >= 11 is 0. The number of rotatable bonds is 44. The lowest BCUT2D eigenvalue weighted by molar-refractivity contribution is -0.302. The first kappa shape index (κ1) is 56.9. The number of hydrogen-bond acceptors (Lipinski definition) is 8. The van der Waals surface area contributed by atoms with Crippen LogP contribution in [-0.2, 0) is 14.3 Å². The maximum atomic E-state index is 13.0. The highest BCUT2D eigenvalue weighted by atomic mass is 16.7. The smallest absolute Gasteiger partial charge is 0.220 e. The van der Waals surface area contributed by atoms with E-state index in [0.29, 0.717) is 12.8 Å². The Morgan fingerprint density at radius 3 is 1.37 bits per heavy atom. The highest BCUT2D eigenvalue weighted by Crippen LogP contribution is 2.23. The van der Waals surface area contributed by atoms with Crippen LogP contribution >= 0.6 is 0 Å². The van der Waals surface area contributed by atoms with Gasteiger partial charge in [0.05, 0.1) is 25.4 Å². The number of aliphatic hydroxyl groups is 5. The molecule has 0 aromatic rings. The molecule has 7 unspecified atom stereocenters. The summed E-state index contributed by atoms with van der Waals surface area (Å²) in [5, 5.41) is 54.5. The van der Waals surface area contributed by atoms with Gasteiger partial charge in [-0.05, 0) is 38.5 Å². The van der Waals surface area contributed by atoms with Crippen molar-refractivity contribution in [2.75, 3.05) is 13.2 Å². The summed E-state index contributed by atoms with van der Waals surface area (Å²) in [6.45, 7) is 3.84. The molecule has 1 rings (SSSR count). The van der Waals surface area contributed by atoms with E-state index in [9.17, 15) is 30.3 Å². The van der Waals surface area contributed by atoms with E-state index in [-0.39, 0.29) is 12.5 Å². The zero-order valence-electron chi connectivity index (χ0n) is 39.2. The molecule has 0 bridgehead atoms. The summed E-state index contributed by atoms with van der Waals surface area (Å²) < 4.78 is 11.3. The third-order valence-corrected chi connectivity index (χ3v) is 12.6. The SMILES string of the molecule is CCCCCC/C=C\CCCCCCCCCC(=O)NC(COC1OC(CO)C(O)C(O)C1O)C(O)CCCCCCCCCCCCCCCCCCCCCCCC. The Labute approximate surface area is 369 Å². The normalized spacial score (nSPS) is 20.6. The Bertz CT molecular complexity index is 950. The van der Waals surface area contributed by atoms with E-state index in [2.05, 4.69) is 31.3 Å². The molecule has 9 nitrogen and oxygen atoms in total. The lowest BCUT2D eigenvalue weighted by Crippen LogP contribution is -2.60. The molecular formula is C51H99NO8. The first-order chi connectivity index (χ1) is 29.3. The Morgan fingerprint density at radius 2 is 0.933 bits per heavy atom. The minimum atomic E-state index is -1.55. The molecule has 1 aliphatic rings. The molecule has 1 heterocycles. The highest BCUT2D eigenvalue weighted by molar-refractivity contribution is 5.76. The van der Waals surface area contributed by atoms with Gasteiger partial charge in [-0.3, -0.25) is 4.79 Å². The van der Waals surface area contributed by atoms with E-state index in [1.807, 2.05) is 0 Å².